The number of hydrogen-bond acceptors (Lipinski definition) is 2. The Bertz CT molecular complexity index is 454. The van der Waals surface area contributed by atoms with Gasteiger partial charge in [-0.2, -0.15) is 0 Å². The van der Waals surface area contributed by atoms with Gasteiger partial charge in [0.25, 0.3) is 0 Å². The molecule has 3 rings (SSSR count). The SMILES string of the molecule is C=CCN1CC[C@H]2Cc3cccc(OC)c3C[C@H]21. The Hall–Kier alpha value is -1.28. The van der Waals surface area contributed by atoms with Gasteiger partial charge in [0, 0.05) is 12.6 Å². The van der Waals surface area contributed by atoms with Gasteiger partial charge < -0.3 is 4.74 Å². The van der Waals surface area contributed by atoms with Crippen LogP contribution in [0.25, 0.3) is 0 Å². The van der Waals surface area contributed by atoms with Crippen molar-refractivity contribution in [2.24, 2.45) is 5.92 Å². The summed E-state index contributed by atoms with van der Waals surface area (Å²) in [4.78, 5) is 2.58. The topological polar surface area (TPSA) is 12.5 Å². The van der Waals surface area contributed by atoms with Crippen molar-refractivity contribution < 1.29 is 4.74 Å². The van der Waals surface area contributed by atoms with Crippen LogP contribution in [0.5, 0.6) is 5.75 Å². The lowest BCUT2D eigenvalue weighted by Gasteiger charge is -2.33. The lowest BCUT2D eigenvalue weighted by Crippen LogP contribution is -2.38. The summed E-state index contributed by atoms with van der Waals surface area (Å²) >= 11 is 0. The smallest absolute Gasteiger partial charge is 0.122 e. The molecule has 0 saturated carbocycles. The monoisotopic (exact) mass is 243 g/mol. The predicted molar refractivity (Wildman–Crippen MR) is 74.1 cm³/mol. The van der Waals surface area contributed by atoms with Crippen molar-refractivity contribution in [3.05, 3.63) is 42.0 Å². The van der Waals surface area contributed by atoms with Gasteiger partial charge in [0.2, 0.25) is 0 Å². The van der Waals surface area contributed by atoms with Crippen LogP contribution in [0.2, 0.25) is 0 Å². The van der Waals surface area contributed by atoms with Crippen LogP contribution in [0.4, 0.5) is 0 Å². The maximum Gasteiger partial charge on any atom is 0.122 e. The molecule has 1 aromatic rings. The van der Waals surface area contributed by atoms with Gasteiger partial charge in [0.1, 0.15) is 5.75 Å². The number of nitrogens with zero attached hydrogens (tertiary/aromatic N) is 1. The van der Waals surface area contributed by atoms with E-state index < -0.39 is 0 Å². The third-order valence-electron chi connectivity index (χ3n) is 4.51. The van der Waals surface area contributed by atoms with Crippen LogP contribution in [0.15, 0.2) is 30.9 Å². The lowest BCUT2D eigenvalue weighted by molar-refractivity contribution is 0.233. The van der Waals surface area contributed by atoms with Gasteiger partial charge >= 0.3 is 0 Å². The van der Waals surface area contributed by atoms with E-state index in [2.05, 4.69) is 29.7 Å². The summed E-state index contributed by atoms with van der Waals surface area (Å²) in [6.07, 6.45) is 5.71. The van der Waals surface area contributed by atoms with E-state index in [0.717, 1.165) is 24.6 Å². The van der Waals surface area contributed by atoms with E-state index in [9.17, 15) is 0 Å². The Morgan fingerprint density at radius 2 is 2.33 bits per heavy atom. The fraction of sp³-hybridized carbons (Fsp3) is 0.500. The molecule has 0 aromatic heterocycles. The highest BCUT2D eigenvalue weighted by Crippen LogP contribution is 2.38. The van der Waals surface area contributed by atoms with E-state index in [-0.39, 0.29) is 0 Å². The first-order chi connectivity index (χ1) is 8.83. The third-order valence-corrected chi connectivity index (χ3v) is 4.51. The number of likely N-dealkylation sites (tertiary alicyclic amines) is 1. The number of benzene rings is 1. The fourth-order valence-electron chi connectivity index (χ4n) is 3.63. The maximum atomic E-state index is 5.52. The third kappa shape index (κ3) is 1.85. The summed E-state index contributed by atoms with van der Waals surface area (Å²) in [5.74, 6) is 1.89. The Balaban J connectivity index is 1.90. The van der Waals surface area contributed by atoms with Crippen LogP contribution in [-0.2, 0) is 12.8 Å². The van der Waals surface area contributed by atoms with Crippen molar-refractivity contribution in [2.75, 3.05) is 20.2 Å². The molecule has 1 saturated heterocycles. The summed E-state index contributed by atoms with van der Waals surface area (Å²) < 4.78 is 5.52. The van der Waals surface area contributed by atoms with Gasteiger partial charge in [-0.05, 0) is 48.9 Å². The van der Waals surface area contributed by atoms with Gasteiger partial charge in [-0.1, -0.05) is 18.2 Å². The zero-order chi connectivity index (χ0) is 12.5. The summed E-state index contributed by atoms with van der Waals surface area (Å²) in [6, 6.07) is 7.16. The lowest BCUT2D eigenvalue weighted by atomic mass is 9.80. The molecule has 1 aliphatic heterocycles. The van der Waals surface area contributed by atoms with Crippen LogP contribution < -0.4 is 4.74 Å². The minimum Gasteiger partial charge on any atom is -0.496 e. The second kappa shape index (κ2) is 4.77. The van der Waals surface area contributed by atoms with E-state index >= 15 is 0 Å². The Kier molecular flexibility index (Phi) is 3.13. The molecule has 96 valence electrons. The van der Waals surface area contributed by atoms with Crippen molar-refractivity contribution in [1.82, 2.24) is 4.90 Å². The highest BCUT2D eigenvalue weighted by atomic mass is 16.5. The highest BCUT2D eigenvalue weighted by Gasteiger charge is 2.37. The molecule has 18 heavy (non-hydrogen) atoms. The summed E-state index contributed by atoms with van der Waals surface area (Å²) in [5.41, 5.74) is 2.92. The zero-order valence-electron chi connectivity index (χ0n) is 11.1. The molecule has 0 N–H and O–H groups in total. The Labute approximate surface area is 109 Å². The Morgan fingerprint density at radius 3 is 3.11 bits per heavy atom. The van der Waals surface area contributed by atoms with Gasteiger partial charge in [0.15, 0.2) is 0 Å². The number of ether oxygens (including phenoxy) is 1. The first kappa shape index (κ1) is 11.8. The first-order valence-electron chi connectivity index (χ1n) is 6.83. The summed E-state index contributed by atoms with van der Waals surface area (Å²) in [5, 5.41) is 0. The van der Waals surface area contributed by atoms with Crippen LogP contribution in [-0.4, -0.2) is 31.1 Å². The van der Waals surface area contributed by atoms with Gasteiger partial charge in [0.05, 0.1) is 7.11 Å². The number of fused-ring (bicyclic) bond motifs is 2. The fourth-order valence-corrected chi connectivity index (χ4v) is 3.63. The standard InChI is InChI=1S/C16H21NO/c1-3-8-17-9-7-13-10-12-5-4-6-16(18-2)14(12)11-15(13)17/h3-6,13,15H,1,7-11H2,2H3/t13-,15+/m0/s1. The maximum absolute atomic E-state index is 5.52. The summed E-state index contributed by atoms with van der Waals surface area (Å²) in [7, 11) is 1.78. The first-order valence-corrected chi connectivity index (χ1v) is 6.83. The average Bonchev–Trinajstić information content (AvgIpc) is 2.78. The molecule has 0 bridgehead atoms. The number of methoxy groups -OCH3 is 1. The molecule has 2 nitrogen and oxygen atoms in total. The van der Waals surface area contributed by atoms with Gasteiger partial charge in [-0.3, -0.25) is 4.90 Å². The molecule has 1 aliphatic carbocycles. The van der Waals surface area contributed by atoms with Crippen molar-refractivity contribution >= 4 is 0 Å². The average molecular weight is 243 g/mol. The molecule has 0 unspecified atom stereocenters. The minimum atomic E-state index is 0.687. The van der Waals surface area contributed by atoms with Crippen LogP contribution >= 0.6 is 0 Å². The van der Waals surface area contributed by atoms with E-state index in [4.69, 9.17) is 4.74 Å². The van der Waals surface area contributed by atoms with E-state index in [1.54, 1.807) is 7.11 Å². The molecular weight excluding hydrogens is 222 g/mol. The van der Waals surface area contributed by atoms with Crippen molar-refractivity contribution in [1.29, 1.82) is 0 Å². The second-order valence-corrected chi connectivity index (χ2v) is 5.41. The normalized spacial score (nSPS) is 26.5. The van der Waals surface area contributed by atoms with E-state index in [0.29, 0.717) is 6.04 Å². The van der Waals surface area contributed by atoms with Gasteiger partial charge in [-0.25, -0.2) is 0 Å². The molecular formula is C16H21NO. The molecule has 2 atom stereocenters. The summed E-state index contributed by atoms with van der Waals surface area (Å²) in [6.45, 7) is 6.11. The molecule has 0 amide bonds. The predicted octanol–water partition coefficient (Wildman–Crippen LogP) is 2.67. The molecule has 1 aromatic carbocycles. The molecule has 1 fully saturated rings. The van der Waals surface area contributed by atoms with Crippen LogP contribution in [0.3, 0.4) is 0 Å². The quantitative estimate of drug-likeness (QED) is 0.757. The largest absolute Gasteiger partial charge is 0.496 e. The molecule has 0 spiro atoms. The van der Waals surface area contributed by atoms with Gasteiger partial charge in [-0.15, -0.1) is 6.58 Å². The van der Waals surface area contributed by atoms with Crippen LogP contribution in [0.1, 0.15) is 17.5 Å². The van der Waals surface area contributed by atoms with Crippen molar-refractivity contribution in [3.8, 4) is 5.75 Å². The zero-order valence-corrected chi connectivity index (χ0v) is 11.1. The molecule has 2 aliphatic rings. The van der Waals surface area contributed by atoms with Crippen LogP contribution in [0, 0.1) is 5.92 Å². The van der Waals surface area contributed by atoms with Crippen molar-refractivity contribution in [3.63, 3.8) is 0 Å². The molecule has 2 heteroatoms. The number of hydrogen-bond donors (Lipinski definition) is 0. The Morgan fingerprint density at radius 1 is 1.44 bits per heavy atom. The number of rotatable bonds is 3. The van der Waals surface area contributed by atoms with E-state index in [1.807, 2.05) is 6.08 Å². The minimum absolute atomic E-state index is 0.687. The highest BCUT2D eigenvalue weighted by molar-refractivity contribution is 5.43. The second-order valence-electron chi connectivity index (χ2n) is 5.41. The molecule has 0 radical (unpaired) electrons. The van der Waals surface area contributed by atoms with Crippen molar-refractivity contribution in [2.45, 2.75) is 25.3 Å². The molecule has 1 heterocycles. The van der Waals surface area contributed by atoms with E-state index in [1.165, 1.54) is 30.5 Å².